The normalized spacial score (nSPS) is 51.3. The van der Waals surface area contributed by atoms with Gasteiger partial charge in [0.25, 0.3) is 0 Å². The summed E-state index contributed by atoms with van der Waals surface area (Å²) >= 11 is 0. The molecular weight excluding hydrogens is 392 g/mol. The molecule has 4 aliphatic rings. The van der Waals surface area contributed by atoms with E-state index in [4.69, 9.17) is 9.47 Å². The lowest BCUT2D eigenvalue weighted by molar-refractivity contribution is -0.229. The Morgan fingerprint density at radius 3 is 2.23 bits per heavy atom. The zero-order valence-corrected chi connectivity index (χ0v) is 20.2. The van der Waals surface area contributed by atoms with Crippen molar-refractivity contribution < 1.29 is 24.2 Å². The molecule has 0 aromatic rings. The number of carbonyl (C=O) groups is 2. The van der Waals surface area contributed by atoms with Crippen LogP contribution in [0, 0.1) is 46.3 Å². The molecule has 5 heteroatoms. The Hall–Kier alpha value is -1.10. The molecule has 6 unspecified atom stereocenters. The van der Waals surface area contributed by atoms with E-state index in [-0.39, 0.29) is 35.3 Å². The summed E-state index contributed by atoms with van der Waals surface area (Å²) in [6, 6.07) is 0. The number of aliphatic hydroxyl groups is 1. The first-order valence-corrected chi connectivity index (χ1v) is 12.6. The van der Waals surface area contributed by atoms with Crippen molar-refractivity contribution in [1.82, 2.24) is 0 Å². The van der Waals surface area contributed by atoms with Gasteiger partial charge in [0.05, 0.1) is 6.10 Å². The van der Waals surface area contributed by atoms with Crippen molar-refractivity contribution in [1.29, 1.82) is 0 Å². The minimum Gasteiger partial charge on any atom is -0.462 e. The van der Waals surface area contributed by atoms with Gasteiger partial charge in [-0.25, -0.2) is 0 Å². The Labute approximate surface area is 187 Å². The molecule has 0 bridgehead atoms. The van der Waals surface area contributed by atoms with Crippen molar-refractivity contribution in [2.24, 2.45) is 46.3 Å². The van der Waals surface area contributed by atoms with Crippen LogP contribution < -0.4 is 0 Å². The number of carbonyl (C=O) groups excluding carboxylic acids is 2. The maximum absolute atomic E-state index is 12.2. The third-order valence-corrected chi connectivity index (χ3v) is 10.4. The predicted molar refractivity (Wildman–Crippen MR) is 118 cm³/mol. The molecule has 1 N–H and O–H groups in total. The average molecular weight is 435 g/mol. The molecule has 0 radical (unpaired) electrons. The van der Waals surface area contributed by atoms with Gasteiger partial charge in [-0.3, -0.25) is 9.59 Å². The number of hydrogen-bond donors (Lipinski definition) is 1. The fourth-order valence-corrected chi connectivity index (χ4v) is 9.14. The molecule has 0 aliphatic heterocycles. The van der Waals surface area contributed by atoms with Crippen LogP contribution in [0.5, 0.6) is 0 Å². The Morgan fingerprint density at radius 2 is 1.61 bits per heavy atom. The van der Waals surface area contributed by atoms with E-state index in [9.17, 15) is 14.7 Å². The quantitative estimate of drug-likeness (QED) is 0.649. The summed E-state index contributed by atoms with van der Waals surface area (Å²) in [5, 5.41) is 10.8. The lowest BCUT2D eigenvalue weighted by Gasteiger charge is -2.65. The van der Waals surface area contributed by atoms with Crippen molar-refractivity contribution >= 4 is 11.9 Å². The molecule has 0 aromatic heterocycles. The monoisotopic (exact) mass is 434 g/mol. The molecule has 11 atom stereocenters. The average Bonchev–Trinajstić information content (AvgIpc) is 3.02. The number of ether oxygens (including phenoxy) is 2. The number of rotatable bonds is 3. The fraction of sp³-hybridized carbons (Fsp3) is 0.923. The number of hydrogen-bond acceptors (Lipinski definition) is 5. The Kier molecular flexibility index (Phi) is 5.98. The molecule has 0 aromatic carbocycles. The van der Waals surface area contributed by atoms with E-state index >= 15 is 0 Å². The zero-order valence-electron chi connectivity index (χ0n) is 20.2. The van der Waals surface area contributed by atoms with E-state index in [1.807, 2.05) is 0 Å². The Bertz CT molecular complexity index is 721. The minimum absolute atomic E-state index is 0.0221. The molecule has 5 nitrogen and oxygen atoms in total. The molecular formula is C26H42O5. The topological polar surface area (TPSA) is 72.8 Å². The standard InChI is InChI=1S/C26H42O5/c1-7-17-8-9-18-23-19(10-11-25(17,18)5)26(6)13-22(30-15(3)27)21(29)12-20(26)14(2)24(23)31-16(4)28/h14,17-24,29H,7-13H2,1-6H3/t14-,17+,18?,19?,20?,21?,22-,23?,24?,25-,26-/m1/s1. The second-order valence-corrected chi connectivity index (χ2v) is 11.7. The molecule has 0 saturated heterocycles. The van der Waals surface area contributed by atoms with Crippen molar-refractivity contribution in [2.75, 3.05) is 0 Å². The zero-order chi connectivity index (χ0) is 22.7. The van der Waals surface area contributed by atoms with E-state index < -0.39 is 12.2 Å². The molecule has 31 heavy (non-hydrogen) atoms. The van der Waals surface area contributed by atoms with E-state index in [1.165, 1.54) is 39.5 Å². The molecule has 4 rings (SSSR count). The van der Waals surface area contributed by atoms with Gasteiger partial charge in [0.1, 0.15) is 12.2 Å². The second kappa shape index (κ2) is 8.04. The highest BCUT2D eigenvalue weighted by molar-refractivity contribution is 5.66. The first-order valence-electron chi connectivity index (χ1n) is 12.6. The highest BCUT2D eigenvalue weighted by atomic mass is 16.6. The summed E-state index contributed by atoms with van der Waals surface area (Å²) in [5.74, 6) is 2.03. The van der Waals surface area contributed by atoms with Crippen LogP contribution >= 0.6 is 0 Å². The fourth-order valence-electron chi connectivity index (χ4n) is 9.14. The summed E-state index contributed by atoms with van der Waals surface area (Å²) in [6.07, 6.45) is 6.22. The van der Waals surface area contributed by atoms with Gasteiger partial charge in [-0.2, -0.15) is 0 Å². The van der Waals surface area contributed by atoms with Crippen molar-refractivity contribution in [3.8, 4) is 0 Å². The summed E-state index contributed by atoms with van der Waals surface area (Å²) in [7, 11) is 0. The predicted octanol–water partition coefficient (Wildman–Crippen LogP) is 4.75. The maximum Gasteiger partial charge on any atom is 0.302 e. The number of esters is 2. The third kappa shape index (κ3) is 3.54. The van der Waals surface area contributed by atoms with Gasteiger partial charge in [-0.15, -0.1) is 0 Å². The van der Waals surface area contributed by atoms with Crippen LogP contribution in [0.4, 0.5) is 0 Å². The van der Waals surface area contributed by atoms with Crippen LogP contribution in [0.3, 0.4) is 0 Å². The van der Waals surface area contributed by atoms with Gasteiger partial charge in [0.15, 0.2) is 0 Å². The van der Waals surface area contributed by atoms with Crippen LogP contribution in [0.1, 0.15) is 86.5 Å². The molecule has 0 heterocycles. The molecule has 0 amide bonds. The lowest BCUT2D eigenvalue weighted by Crippen LogP contribution is -2.64. The largest absolute Gasteiger partial charge is 0.462 e. The van der Waals surface area contributed by atoms with Crippen LogP contribution in [-0.4, -0.2) is 35.4 Å². The molecule has 4 fully saturated rings. The smallest absolute Gasteiger partial charge is 0.302 e. The number of aliphatic hydroxyl groups excluding tert-OH is 1. The number of fused-ring (bicyclic) bond motifs is 5. The first-order chi connectivity index (χ1) is 14.5. The van der Waals surface area contributed by atoms with E-state index in [0.717, 1.165) is 12.3 Å². The summed E-state index contributed by atoms with van der Waals surface area (Å²) in [5.41, 5.74) is 0.298. The lowest BCUT2D eigenvalue weighted by atomic mass is 9.41. The highest BCUT2D eigenvalue weighted by Crippen LogP contribution is 2.69. The van der Waals surface area contributed by atoms with Gasteiger partial charge in [0.2, 0.25) is 0 Å². The molecule has 4 aliphatic carbocycles. The van der Waals surface area contributed by atoms with Crippen molar-refractivity contribution in [2.45, 2.75) is 105 Å². The summed E-state index contributed by atoms with van der Waals surface area (Å²) in [4.78, 5) is 23.9. The van der Waals surface area contributed by atoms with Crippen molar-refractivity contribution in [3.05, 3.63) is 0 Å². The van der Waals surface area contributed by atoms with Crippen LogP contribution in [0.2, 0.25) is 0 Å². The molecule has 0 spiro atoms. The van der Waals surface area contributed by atoms with Gasteiger partial charge >= 0.3 is 11.9 Å². The van der Waals surface area contributed by atoms with Crippen molar-refractivity contribution in [3.63, 3.8) is 0 Å². The van der Waals surface area contributed by atoms with Crippen LogP contribution in [0.25, 0.3) is 0 Å². The summed E-state index contributed by atoms with van der Waals surface area (Å²) in [6.45, 7) is 12.4. The third-order valence-electron chi connectivity index (χ3n) is 10.4. The van der Waals surface area contributed by atoms with Gasteiger partial charge in [-0.05, 0) is 78.9 Å². The van der Waals surface area contributed by atoms with E-state index in [0.29, 0.717) is 36.0 Å². The minimum atomic E-state index is -0.649. The first kappa shape index (κ1) is 23.1. The SMILES string of the molecule is CC[C@H]1CCC2C3C(OC(C)=O)[C@H](C)C4CC(O)[C@H](OC(C)=O)C[C@]4(C)C3CC[C@@]21C. The van der Waals surface area contributed by atoms with Crippen LogP contribution in [-0.2, 0) is 19.1 Å². The highest BCUT2D eigenvalue weighted by Gasteiger charge is 2.66. The van der Waals surface area contributed by atoms with Gasteiger partial charge in [-0.1, -0.05) is 34.1 Å². The Morgan fingerprint density at radius 1 is 0.968 bits per heavy atom. The van der Waals surface area contributed by atoms with Gasteiger partial charge < -0.3 is 14.6 Å². The molecule has 4 saturated carbocycles. The molecule has 176 valence electrons. The van der Waals surface area contributed by atoms with Crippen LogP contribution in [0.15, 0.2) is 0 Å². The Balaban J connectivity index is 1.73. The van der Waals surface area contributed by atoms with E-state index in [1.54, 1.807) is 0 Å². The van der Waals surface area contributed by atoms with Gasteiger partial charge in [0, 0.05) is 19.8 Å². The summed E-state index contributed by atoms with van der Waals surface area (Å²) < 4.78 is 11.7. The maximum atomic E-state index is 12.2. The second-order valence-electron chi connectivity index (χ2n) is 11.7. The van der Waals surface area contributed by atoms with E-state index in [2.05, 4.69) is 27.7 Å².